The summed E-state index contributed by atoms with van der Waals surface area (Å²) in [4.78, 5) is 19.5. The molecule has 0 saturated carbocycles. The molecule has 1 aromatic rings. The molecular formula is C11H16ClN3O2. The number of hydrogen-bond donors (Lipinski definition) is 1. The molecular weight excluding hydrogens is 242 g/mol. The number of rotatable bonds is 2. The first kappa shape index (κ1) is 13.7. The summed E-state index contributed by atoms with van der Waals surface area (Å²) in [5, 5.41) is 2.92. The smallest absolute Gasteiger partial charge is 0.408 e. The minimum Gasteiger partial charge on any atom is -0.444 e. The molecule has 1 aromatic heterocycles. The lowest BCUT2D eigenvalue weighted by Crippen LogP contribution is -2.34. The summed E-state index contributed by atoms with van der Waals surface area (Å²) in [5.41, 5.74) is -0.0179. The van der Waals surface area contributed by atoms with Crippen LogP contribution in [0.1, 0.15) is 39.4 Å². The second kappa shape index (κ2) is 5.31. The van der Waals surface area contributed by atoms with E-state index in [9.17, 15) is 4.79 Å². The zero-order valence-corrected chi connectivity index (χ0v) is 11.1. The van der Waals surface area contributed by atoms with Crippen LogP contribution in [-0.4, -0.2) is 21.7 Å². The minimum absolute atomic E-state index is 0.274. The molecule has 0 spiro atoms. The molecule has 1 rings (SSSR count). The molecule has 0 aliphatic carbocycles. The number of alkyl carbamates (subject to hydrolysis) is 1. The highest BCUT2D eigenvalue weighted by Gasteiger charge is 2.20. The maximum absolute atomic E-state index is 11.5. The first-order valence-electron chi connectivity index (χ1n) is 5.25. The maximum atomic E-state index is 11.5. The van der Waals surface area contributed by atoms with Crippen molar-refractivity contribution < 1.29 is 9.53 Å². The number of ether oxygens (including phenoxy) is 1. The monoisotopic (exact) mass is 257 g/mol. The van der Waals surface area contributed by atoms with Gasteiger partial charge in [0.1, 0.15) is 5.60 Å². The number of halogens is 1. The fourth-order valence-corrected chi connectivity index (χ4v) is 1.44. The van der Waals surface area contributed by atoms with Gasteiger partial charge in [-0.05, 0) is 27.7 Å². The van der Waals surface area contributed by atoms with Crippen LogP contribution >= 0.6 is 11.6 Å². The van der Waals surface area contributed by atoms with E-state index in [1.807, 2.05) is 0 Å². The van der Waals surface area contributed by atoms with Crippen LogP contribution in [0.2, 0.25) is 5.15 Å². The van der Waals surface area contributed by atoms with Gasteiger partial charge in [-0.2, -0.15) is 0 Å². The van der Waals surface area contributed by atoms with Crippen molar-refractivity contribution in [2.45, 2.75) is 39.3 Å². The minimum atomic E-state index is -0.532. The highest BCUT2D eigenvalue weighted by Crippen LogP contribution is 2.17. The molecule has 1 heterocycles. The Kier molecular flexibility index (Phi) is 4.28. The van der Waals surface area contributed by atoms with Crippen molar-refractivity contribution in [1.82, 2.24) is 15.3 Å². The number of carbonyl (C=O) groups excluding carboxylic acids is 1. The highest BCUT2D eigenvalue weighted by molar-refractivity contribution is 6.30. The number of hydrogen-bond acceptors (Lipinski definition) is 4. The van der Waals surface area contributed by atoms with Crippen LogP contribution in [0.25, 0.3) is 0 Å². The number of aromatic nitrogens is 2. The average Bonchev–Trinajstić information content (AvgIpc) is 2.14. The first-order chi connectivity index (χ1) is 7.79. The van der Waals surface area contributed by atoms with Crippen LogP contribution in [0.15, 0.2) is 12.4 Å². The van der Waals surface area contributed by atoms with Gasteiger partial charge in [0.25, 0.3) is 0 Å². The molecule has 0 bridgehead atoms. The third kappa shape index (κ3) is 4.56. The number of nitrogens with zero attached hydrogens (tertiary/aromatic N) is 2. The van der Waals surface area contributed by atoms with Gasteiger partial charge in [0.15, 0.2) is 5.15 Å². The quantitative estimate of drug-likeness (QED) is 0.885. The Morgan fingerprint density at radius 1 is 1.41 bits per heavy atom. The van der Waals surface area contributed by atoms with Crippen LogP contribution in [-0.2, 0) is 4.74 Å². The predicted octanol–water partition coefficient (Wildman–Crippen LogP) is 2.72. The van der Waals surface area contributed by atoms with Gasteiger partial charge in [-0.25, -0.2) is 9.78 Å². The molecule has 1 amide bonds. The fraction of sp³-hybridized carbons (Fsp3) is 0.545. The van der Waals surface area contributed by atoms with E-state index in [4.69, 9.17) is 16.3 Å². The maximum Gasteiger partial charge on any atom is 0.408 e. The summed E-state index contributed by atoms with van der Waals surface area (Å²) < 4.78 is 5.13. The highest BCUT2D eigenvalue weighted by atomic mass is 35.5. The van der Waals surface area contributed by atoms with Gasteiger partial charge in [-0.3, -0.25) is 4.98 Å². The Labute approximate surface area is 106 Å². The largest absolute Gasteiger partial charge is 0.444 e. The van der Waals surface area contributed by atoms with Gasteiger partial charge in [-0.1, -0.05) is 11.6 Å². The molecule has 0 radical (unpaired) electrons. The standard InChI is InChI=1S/C11H16ClN3O2/c1-7(8-9(12)14-6-5-13-8)15-10(16)17-11(2,3)4/h5-7H,1-4H3,(H,15,16). The average molecular weight is 258 g/mol. The van der Waals surface area contributed by atoms with E-state index < -0.39 is 11.7 Å². The van der Waals surface area contributed by atoms with Crippen molar-refractivity contribution in [2.75, 3.05) is 0 Å². The first-order valence-corrected chi connectivity index (χ1v) is 5.63. The summed E-state index contributed by atoms with van der Waals surface area (Å²) in [6.07, 6.45) is 2.51. The number of nitrogens with one attached hydrogen (secondary N) is 1. The van der Waals surface area contributed by atoms with E-state index in [1.165, 1.54) is 12.4 Å². The second-order valence-electron chi connectivity index (χ2n) is 4.60. The Morgan fingerprint density at radius 2 is 2.00 bits per heavy atom. The van der Waals surface area contributed by atoms with Gasteiger partial charge in [-0.15, -0.1) is 0 Å². The Balaban J connectivity index is 2.64. The molecule has 0 aliphatic rings. The van der Waals surface area contributed by atoms with Crippen LogP contribution < -0.4 is 5.32 Å². The summed E-state index contributed by atoms with van der Waals surface area (Å²) in [5.74, 6) is 0. The molecule has 0 aromatic carbocycles. The number of carbonyl (C=O) groups is 1. The lowest BCUT2D eigenvalue weighted by Gasteiger charge is -2.21. The summed E-state index contributed by atoms with van der Waals surface area (Å²) >= 11 is 5.87. The van der Waals surface area contributed by atoms with Gasteiger partial charge < -0.3 is 10.1 Å². The summed E-state index contributed by atoms with van der Waals surface area (Å²) in [6, 6.07) is -0.356. The third-order valence-electron chi connectivity index (χ3n) is 1.82. The van der Waals surface area contributed by atoms with E-state index in [-0.39, 0.29) is 11.2 Å². The van der Waals surface area contributed by atoms with E-state index in [0.29, 0.717) is 5.69 Å². The second-order valence-corrected chi connectivity index (χ2v) is 4.96. The van der Waals surface area contributed by atoms with Gasteiger partial charge in [0.05, 0.1) is 11.7 Å². The lowest BCUT2D eigenvalue weighted by atomic mass is 10.2. The molecule has 1 atom stereocenters. The molecule has 94 valence electrons. The molecule has 0 fully saturated rings. The Hall–Kier alpha value is -1.36. The van der Waals surface area contributed by atoms with Crippen molar-refractivity contribution in [1.29, 1.82) is 0 Å². The van der Waals surface area contributed by atoms with Crippen molar-refractivity contribution in [3.8, 4) is 0 Å². The van der Waals surface area contributed by atoms with E-state index in [1.54, 1.807) is 27.7 Å². The Bertz CT molecular complexity index is 404. The SMILES string of the molecule is CC(NC(=O)OC(C)(C)C)c1nccnc1Cl. The molecule has 1 N–H and O–H groups in total. The zero-order valence-electron chi connectivity index (χ0n) is 10.3. The van der Waals surface area contributed by atoms with E-state index >= 15 is 0 Å². The number of amides is 1. The van der Waals surface area contributed by atoms with Crippen LogP contribution in [0.3, 0.4) is 0 Å². The third-order valence-corrected chi connectivity index (χ3v) is 2.11. The predicted molar refractivity (Wildman–Crippen MR) is 64.8 cm³/mol. The van der Waals surface area contributed by atoms with Crippen LogP contribution in [0, 0.1) is 0 Å². The van der Waals surface area contributed by atoms with Crippen molar-refractivity contribution in [2.24, 2.45) is 0 Å². The molecule has 1 unspecified atom stereocenters. The lowest BCUT2D eigenvalue weighted by molar-refractivity contribution is 0.0507. The normalized spacial score (nSPS) is 13.0. The van der Waals surface area contributed by atoms with Crippen molar-refractivity contribution in [3.05, 3.63) is 23.2 Å². The van der Waals surface area contributed by atoms with Crippen LogP contribution in [0.4, 0.5) is 4.79 Å². The fourth-order valence-electron chi connectivity index (χ4n) is 1.17. The van der Waals surface area contributed by atoms with Gasteiger partial charge in [0, 0.05) is 12.4 Å². The van der Waals surface area contributed by atoms with E-state index in [2.05, 4.69) is 15.3 Å². The summed E-state index contributed by atoms with van der Waals surface area (Å²) in [6.45, 7) is 7.16. The molecule has 5 nitrogen and oxygen atoms in total. The van der Waals surface area contributed by atoms with Gasteiger partial charge >= 0.3 is 6.09 Å². The molecule has 0 saturated heterocycles. The topological polar surface area (TPSA) is 64.1 Å². The van der Waals surface area contributed by atoms with Crippen LogP contribution in [0.5, 0.6) is 0 Å². The van der Waals surface area contributed by atoms with Crippen molar-refractivity contribution in [3.63, 3.8) is 0 Å². The van der Waals surface area contributed by atoms with E-state index in [0.717, 1.165) is 0 Å². The molecule has 0 aliphatic heterocycles. The van der Waals surface area contributed by atoms with Crippen molar-refractivity contribution >= 4 is 17.7 Å². The van der Waals surface area contributed by atoms with Gasteiger partial charge in [0.2, 0.25) is 0 Å². The molecule has 17 heavy (non-hydrogen) atoms. The zero-order chi connectivity index (χ0) is 13.1. The summed E-state index contributed by atoms with van der Waals surface area (Å²) in [7, 11) is 0. The Morgan fingerprint density at radius 3 is 2.53 bits per heavy atom. The molecule has 6 heteroatoms.